The Morgan fingerprint density at radius 2 is 2.06 bits per heavy atom. The molecule has 0 aliphatic rings. The van der Waals surface area contributed by atoms with Crippen molar-refractivity contribution in [1.29, 1.82) is 0 Å². The summed E-state index contributed by atoms with van der Waals surface area (Å²) in [5.74, 6) is 0.949. The number of sulfone groups is 1. The summed E-state index contributed by atoms with van der Waals surface area (Å²) in [6.45, 7) is 0. The molecule has 3 nitrogen and oxygen atoms in total. The standard InChI is InChI=1S/C12H18ClNO2S2/c1-18(15,16)8-4-5-10(14)9-17-12-7-3-2-6-11(12)13/h2-3,6-7,10H,4-5,8-9,14H2,1H3. The molecule has 1 unspecified atom stereocenters. The molecule has 0 bridgehead atoms. The lowest BCUT2D eigenvalue weighted by atomic mass is 10.2. The predicted octanol–water partition coefficient (Wildman–Crippen LogP) is 2.58. The minimum atomic E-state index is -2.88. The fraction of sp³-hybridized carbons (Fsp3) is 0.500. The van der Waals surface area contributed by atoms with E-state index in [0.717, 1.165) is 15.7 Å². The van der Waals surface area contributed by atoms with E-state index >= 15 is 0 Å². The zero-order valence-corrected chi connectivity index (χ0v) is 12.7. The summed E-state index contributed by atoms with van der Waals surface area (Å²) in [7, 11) is -2.88. The maximum absolute atomic E-state index is 11.0. The Morgan fingerprint density at radius 3 is 2.67 bits per heavy atom. The van der Waals surface area contributed by atoms with Crippen LogP contribution < -0.4 is 5.73 Å². The van der Waals surface area contributed by atoms with E-state index in [-0.39, 0.29) is 11.8 Å². The molecule has 102 valence electrons. The topological polar surface area (TPSA) is 60.2 Å². The van der Waals surface area contributed by atoms with Crippen molar-refractivity contribution in [3.8, 4) is 0 Å². The molecule has 6 heteroatoms. The van der Waals surface area contributed by atoms with Gasteiger partial charge in [0.25, 0.3) is 0 Å². The van der Waals surface area contributed by atoms with Crippen LogP contribution >= 0.6 is 23.4 Å². The van der Waals surface area contributed by atoms with Crippen molar-refractivity contribution in [1.82, 2.24) is 0 Å². The second kappa shape index (κ2) is 7.38. The van der Waals surface area contributed by atoms with Gasteiger partial charge in [-0.3, -0.25) is 0 Å². The van der Waals surface area contributed by atoms with Crippen molar-refractivity contribution in [3.05, 3.63) is 29.3 Å². The number of nitrogens with two attached hydrogens (primary N) is 1. The highest BCUT2D eigenvalue weighted by Gasteiger charge is 2.08. The molecule has 0 amide bonds. The van der Waals surface area contributed by atoms with E-state index in [0.29, 0.717) is 12.8 Å². The minimum Gasteiger partial charge on any atom is -0.327 e. The second-order valence-corrected chi connectivity index (χ2v) is 8.00. The zero-order valence-electron chi connectivity index (χ0n) is 10.3. The average Bonchev–Trinajstić information content (AvgIpc) is 2.26. The van der Waals surface area contributed by atoms with Gasteiger partial charge in [0.15, 0.2) is 0 Å². The summed E-state index contributed by atoms with van der Waals surface area (Å²) in [5.41, 5.74) is 5.94. The summed E-state index contributed by atoms with van der Waals surface area (Å²) in [6, 6.07) is 7.62. The fourth-order valence-electron chi connectivity index (χ4n) is 1.45. The summed E-state index contributed by atoms with van der Waals surface area (Å²) < 4.78 is 21.9. The van der Waals surface area contributed by atoms with Gasteiger partial charge in [-0.25, -0.2) is 8.42 Å². The molecule has 0 fully saturated rings. The van der Waals surface area contributed by atoms with Crippen LogP contribution in [-0.4, -0.2) is 32.2 Å². The highest BCUT2D eigenvalue weighted by Crippen LogP contribution is 2.27. The first-order valence-corrected chi connectivity index (χ1v) is 9.11. The molecule has 1 aromatic rings. The van der Waals surface area contributed by atoms with Crippen LogP contribution in [-0.2, 0) is 9.84 Å². The SMILES string of the molecule is CS(=O)(=O)CCCC(N)CSc1ccccc1Cl. The Hall–Kier alpha value is -0.230. The van der Waals surface area contributed by atoms with Crippen molar-refractivity contribution in [2.75, 3.05) is 17.8 Å². The van der Waals surface area contributed by atoms with Gasteiger partial charge in [0, 0.05) is 28.7 Å². The van der Waals surface area contributed by atoms with Crippen LogP contribution in [0.3, 0.4) is 0 Å². The number of benzene rings is 1. The largest absolute Gasteiger partial charge is 0.327 e. The van der Waals surface area contributed by atoms with Gasteiger partial charge in [-0.05, 0) is 25.0 Å². The smallest absolute Gasteiger partial charge is 0.147 e. The number of rotatable bonds is 7. The summed E-state index contributed by atoms with van der Waals surface area (Å²) in [6.07, 6.45) is 2.57. The molecule has 0 spiro atoms. The number of hydrogen-bond acceptors (Lipinski definition) is 4. The van der Waals surface area contributed by atoms with Gasteiger partial charge in [0.1, 0.15) is 9.84 Å². The molecule has 0 aliphatic carbocycles. The van der Waals surface area contributed by atoms with E-state index in [2.05, 4.69) is 0 Å². The quantitative estimate of drug-likeness (QED) is 0.787. The predicted molar refractivity (Wildman–Crippen MR) is 79.1 cm³/mol. The molecule has 0 saturated carbocycles. The van der Waals surface area contributed by atoms with E-state index in [1.807, 2.05) is 24.3 Å². The molecule has 0 radical (unpaired) electrons. The van der Waals surface area contributed by atoms with Gasteiger partial charge < -0.3 is 5.73 Å². The first-order valence-electron chi connectivity index (χ1n) is 5.69. The highest BCUT2D eigenvalue weighted by atomic mass is 35.5. The highest BCUT2D eigenvalue weighted by molar-refractivity contribution is 7.99. The Balaban J connectivity index is 2.29. The second-order valence-electron chi connectivity index (χ2n) is 4.27. The Kier molecular flexibility index (Phi) is 6.49. The normalized spacial score (nSPS) is 13.5. The lowest BCUT2D eigenvalue weighted by Gasteiger charge is -2.11. The minimum absolute atomic E-state index is 0.00646. The third kappa shape index (κ3) is 6.64. The molecular weight excluding hydrogens is 290 g/mol. The van der Waals surface area contributed by atoms with E-state index in [1.54, 1.807) is 11.8 Å². The molecule has 18 heavy (non-hydrogen) atoms. The van der Waals surface area contributed by atoms with Crippen molar-refractivity contribution < 1.29 is 8.42 Å². The van der Waals surface area contributed by atoms with E-state index in [9.17, 15) is 8.42 Å². The number of halogens is 1. The molecule has 0 heterocycles. The first-order chi connectivity index (χ1) is 8.38. The van der Waals surface area contributed by atoms with E-state index in [1.165, 1.54) is 6.26 Å². The van der Waals surface area contributed by atoms with E-state index in [4.69, 9.17) is 17.3 Å². The maximum atomic E-state index is 11.0. The van der Waals surface area contributed by atoms with Gasteiger partial charge in [0.2, 0.25) is 0 Å². The third-order valence-corrected chi connectivity index (χ3v) is 5.11. The van der Waals surface area contributed by atoms with Gasteiger partial charge in [-0.1, -0.05) is 23.7 Å². The van der Waals surface area contributed by atoms with Crippen LogP contribution in [0, 0.1) is 0 Å². The number of thioether (sulfide) groups is 1. The van der Waals surface area contributed by atoms with Crippen LogP contribution in [0.2, 0.25) is 5.02 Å². The van der Waals surface area contributed by atoms with Crippen LogP contribution in [0.15, 0.2) is 29.2 Å². The van der Waals surface area contributed by atoms with Crippen LogP contribution in [0.4, 0.5) is 0 Å². The molecule has 2 N–H and O–H groups in total. The van der Waals surface area contributed by atoms with Gasteiger partial charge in [-0.2, -0.15) is 0 Å². The van der Waals surface area contributed by atoms with Gasteiger partial charge in [0.05, 0.1) is 5.02 Å². The maximum Gasteiger partial charge on any atom is 0.147 e. The Labute approximate surface area is 118 Å². The Morgan fingerprint density at radius 1 is 1.39 bits per heavy atom. The van der Waals surface area contributed by atoms with Crippen LogP contribution in [0.1, 0.15) is 12.8 Å². The van der Waals surface area contributed by atoms with Crippen molar-refractivity contribution in [3.63, 3.8) is 0 Å². The molecule has 0 saturated heterocycles. The van der Waals surface area contributed by atoms with Crippen LogP contribution in [0.25, 0.3) is 0 Å². The lowest BCUT2D eigenvalue weighted by molar-refractivity contribution is 0.591. The average molecular weight is 308 g/mol. The molecule has 0 aliphatic heterocycles. The van der Waals surface area contributed by atoms with Crippen molar-refractivity contribution in [2.24, 2.45) is 5.73 Å². The molecule has 1 rings (SSSR count). The Bertz CT molecular complexity index is 477. The lowest BCUT2D eigenvalue weighted by Crippen LogP contribution is -2.23. The number of hydrogen-bond donors (Lipinski definition) is 1. The summed E-state index contributed by atoms with van der Waals surface area (Å²) in [4.78, 5) is 1.01. The molecule has 1 atom stereocenters. The fourth-order valence-corrected chi connectivity index (χ4v) is 3.38. The summed E-state index contributed by atoms with van der Waals surface area (Å²) in [5, 5.41) is 0.728. The van der Waals surface area contributed by atoms with Crippen LogP contribution in [0.5, 0.6) is 0 Å². The zero-order chi connectivity index (χ0) is 13.6. The van der Waals surface area contributed by atoms with Gasteiger partial charge in [-0.15, -0.1) is 11.8 Å². The molecule has 1 aromatic carbocycles. The van der Waals surface area contributed by atoms with E-state index < -0.39 is 9.84 Å². The van der Waals surface area contributed by atoms with Gasteiger partial charge >= 0.3 is 0 Å². The van der Waals surface area contributed by atoms with Crippen molar-refractivity contribution in [2.45, 2.75) is 23.8 Å². The summed E-state index contributed by atoms with van der Waals surface area (Å²) >= 11 is 7.64. The molecule has 0 aromatic heterocycles. The van der Waals surface area contributed by atoms with Crippen molar-refractivity contribution >= 4 is 33.2 Å². The first kappa shape index (κ1) is 15.8. The monoisotopic (exact) mass is 307 g/mol. The molecular formula is C12H18ClNO2S2. The third-order valence-electron chi connectivity index (χ3n) is 2.38.